The topological polar surface area (TPSA) is 38.9 Å². The quantitative estimate of drug-likeness (QED) is 0.705. The monoisotopic (exact) mass is 180 g/mol. The van der Waals surface area contributed by atoms with Crippen molar-refractivity contribution in [1.29, 1.82) is 0 Å². The Hall–Kier alpha value is -0.540. The summed E-state index contributed by atoms with van der Waals surface area (Å²) in [6, 6.07) is 4.05. The summed E-state index contributed by atoms with van der Waals surface area (Å²) >= 11 is 1.67. The molecule has 1 aromatic rings. The molecule has 0 unspecified atom stereocenters. The smallest absolute Gasteiger partial charge is 0.101 e. The largest absolute Gasteiger partial charge is 0.321 e. The molecule has 1 aliphatic rings. The number of hydrogen-bond acceptors (Lipinski definition) is 3. The van der Waals surface area contributed by atoms with E-state index in [9.17, 15) is 0 Å². The Labute approximate surface area is 76.6 Å². The Morgan fingerprint density at radius 3 is 2.92 bits per heavy atom. The van der Waals surface area contributed by atoms with Gasteiger partial charge in [-0.05, 0) is 25.2 Å². The Bertz CT molecular complexity index is 294. The molecule has 0 radical (unpaired) electrons. The fraction of sp³-hybridized carbons (Fsp3) is 0.444. The van der Waals surface area contributed by atoms with Gasteiger partial charge in [-0.25, -0.2) is 4.98 Å². The van der Waals surface area contributed by atoms with Gasteiger partial charge in [0.2, 0.25) is 0 Å². The second-order valence-corrected chi connectivity index (χ2v) is 4.01. The highest BCUT2D eigenvalue weighted by molar-refractivity contribution is 7.98. The predicted molar refractivity (Wildman–Crippen MR) is 51.1 cm³/mol. The Morgan fingerprint density at radius 2 is 2.33 bits per heavy atom. The third kappa shape index (κ3) is 1.23. The van der Waals surface area contributed by atoms with Gasteiger partial charge in [-0.3, -0.25) is 0 Å². The molecule has 0 saturated heterocycles. The molecule has 0 aromatic carbocycles. The van der Waals surface area contributed by atoms with Crippen LogP contribution in [0.1, 0.15) is 18.4 Å². The summed E-state index contributed by atoms with van der Waals surface area (Å²) in [5.74, 6) is 0. The van der Waals surface area contributed by atoms with Gasteiger partial charge in [0.05, 0.1) is 0 Å². The highest BCUT2D eigenvalue weighted by Crippen LogP contribution is 2.45. The summed E-state index contributed by atoms with van der Waals surface area (Å²) in [5, 5.41) is 1.08. The third-order valence-electron chi connectivity index (χ3n) is 2.29. The minimum Gasteiger partial charge on any atom is -0.321 e. The first kappa shape index (κ1) is 8.08. The molecular weight excluding hydrogens is 168 g/mol. The van der Waals surface area contributed by atoms with Crippen LogP contribution < -0.4 is 5.73 Å². The van der Waals surface area contributed by atoms with Crippen LogP contribution in [0.2, 0.25) is 0 Å². The fourth-order valence-electron chi connectivity index (χ4n) is 1.34. The van der Waals surface area contributed by atoms with E-state index in [1.807, 2.05) is 18.5 Å². The van der Waals surface area contributed by atoms with Crippen LogP contribution >= 0.6 is 11.8 Å². The number of pyridine rings is 1. The van der Waals surface area contributed by atoms with Crippen molar-refractivity contribution in [2.75, 3.05) is 6.26 Å². The van der Waals surface area contributed by atoms with Gasteiger partial charge in [-0.15, -0.1) is 11.8 Å². The lowest BCUT2D eigenvalue weighted by Gasteiger charge is -2.11. The van der Waals surface area contributed by atoms with Crippen LogP contribution in [0, 0.1) is 0 Å². The van der Waals surface area contributed by atoms with E-state index in [1.165, 1.54) is 5.56 Å². The molecule has 0 amide bonds. The van der Waals surface area contributed by atoms with E-state index in [0.717, 1.165) is 17.9 Å². The van der Waals surface area contributed by atoms with Crippen LogP contribution in [0.4, 0.5) is 0 Å². The van der Waals surface area contributed by atoms with Crippen molar-refractivity contribution in [2.45, 2.75) is 23.4 Å². The molecule has 3 heteroatoms. The fourth-order valence-corrected chi connectivity index (χ4v) is 1.99. The molecule has 1 aromatic heterocycles. The van der Waals surface area contributed by atoms with Gasteiger partial charge < -0.3 is 5.73 Å². The van der Waals surface area contributed by atoms with Crippen LogP contribution in [-0.4, -0.2) is 11.2 Å². The molecule has 0 spiro atoms. The third-order valence-corrected chi connectivity index (χ3v) is 3.00. The summed E-state index contributed by atoms with van der Waals surface area (Å²) in [6.07, 6.45) is 6.07. The SMILES string of the molecule is CSc1ncccc1C1(N)CC1. The van der Waals surface area contributed by atoms with Crippen LogP contribution in [0.3, 0.4) is 0 Å². The number of hydrogen-bond donors (Lipinski definition) is 1. The van der Waals surface area contributed by atoms with E-state index >= 15 is 0 Å². The zero-order valence-electron chi connectivity index (χ0n) is 7.08. The molecule has 0 bridgehead atoms. The highest BCUT2D eigenvalue weighted by Gasteiger charge is 2.41. The zero-order valence-corrected chi connectivity index (χ0v) is 7.90. The number of thioether (sulfide) groups is 1. The van der Waals surface area contributed by atoms with Gasteiger partial charge in [0.1, 0.15) is 5.03 Å². The van der Waals surface area contributed by atoms with E-state index in [-0.39, 0.29) is 5.54 Å². The highest BCUT2D eigenvalue weighted by atomic mass is 32.2. The standard InChI is InChI=1S/C9H12N2S/c1-12-8-7(3-2-6-11-8)9(10)4-5-9/h2-3,6H,4-5,10H2,1H3. The van der Waals surface area contributed by atoms with Crippen molar-refractivity contribution < 1.29 is 0 Å². The van der Waals surface area contributed by atoms with E-state index in [1.54, 1.807) is 11.8 Å². The van der Waals surface area contributed by atoms with Gasteiger partial charge in [-0.1, -0.05) is 6.07 Å². The van der Waals surface area contributed by atoms with Gasteiger partial charge >= 0.3 is 0 Å². The Balaban J connectivity index is 2.42. The molecule has 2 N–H and O–H groups in total. The molecular formula is C9H12N2S. The maximum atomic E-state index is 6.09. The van der Waals surface area contributed by atoms with Crippen LogP contribution in [0.5, 0.6) is 0 Å². The number of nitrogens with two attached hydrogens (primary N) is 1. The summed E-state index contributed by atoms with van der Waals surface area (Å²) in [5.41, 5.74) is 7.26. The van der Waals surface area contributed by atoms with Crippen molar-refractivity contribution >= 4 is 11.8 Å². The average Bonchev–Trinajstić information content (AvgIpc) is 2.85. The molecule has 2 nitrogen and oxygen atoms in total. The maximum Gasteiger partial charge on any atom is 0.101 e. The first-order valence-electron chi connectivity index (χ1n) is 4.05. The predicted octanol–water partition coefficient (Wildman–Crippen LogP) is 1.75. The molecule has 64 valence electrons. The molecule has 12 heavy (non-hydrogen) atoms. The Kier molecular flexibility index (Phi) is 1.85. The summed E-state index contributed by atoms with van der Waals surface area (Å²) < 4.78 is 0. The minimum atomic E-state index is -0.0490. The number of aromatic nitrogens is 1. The lowest BCUT2D eigenvalue weighted by molar-refractivity contribution is 0.709. The van der Waals surface area contributed by atoms with Gasteiger partial charge in [-0.2, -0.15) is 0 Å². The van der Waals surface area contributed by atoms with Gasteiger partial charge in [0, 0.05) is 17.3 Å². The lowest BCUT2D eigenvalue weighted by Crippen LogP contribution is -2.19. The van der Waals surface area contributed by atoms with E-state index in [0.29, 0.717) is 0 Å². The molecule has 2 rings (SSSR count). The van der Waals surface area contributed by atoms with E-state index < -0.39 is 0 Å². The van der Waals surface area contributed by atoms with Gasteiger partial charge in [0.25, 0.3) is 0 Å². The Morgan fingerprint density at radius 1 is 1.58 bits per heavy atom. The number of nitrogens with zero attached hydrogens (tertiary/aromatic N) is 1. The van der Waals surface area contributed by atoms with Crippen molar-refractivity contribution in [3.05, 3.63) is 23.9 Å². The van der Waals surface area contributed by atoms with Crippen molar-refractivity contribution in [3.8, 4) is 0 Å². The van der Waals surface area contributed by atoms with E-state index in [4.69, 9.17) is 5.73 Å². The van der Waals surface area contributed by atoms with Gasteiger partial charge in [0.15, 0.2) is 0 Å². The summed E-state index contributed by atoms with van der Waals surface area (Å²) in [6.45, 7) is 0. The minimum absolute atomic E-state index is 0.0490. The average molecular weight is 180 g/mol. The molecule has 0 aliphatic heterocycles. The van der Waals surface area contributed by atoms with Crippen LogP contribution in [0.25, 0.3) is 0 Å². The normalized spacial score (nSPS) is 19.2. The van der Waals surface area contributed by atoms with Crippen molar-refractivity contribution in [1.82, 2.24) is 4.98 Å². The second kappa shape index (κ2) is 2.75. The molecule has 1 aliphatic carbocycles. The molecule has 1 heterocycles. The molecule has 1 saturated carbocycles. The van der Waals surface area contributed by atoms with E-state index in [2.05, 4.69) is 11.1 Å². The second-order valence-electron chi connectivity index (χ2n) is 3.22. The van der Waals surface area contributed by atoms with Crippen LogP contribution in [-0.2, 0) is 5.54 Å². The van der Waals surface area contributed by atoms with Crippen molar-refractivity contribution in [2.24, 2.45) is 5.73 Å². The molecule has 0 atom stereocenters. The number of rotatable bonds is 2. The molecule has 1 fully saturated rings. The van der Waals surface area contributed by atoms with Crippen molar-refractivity contribution in [3.63, 3.8) is 0 Å². The maximum absolute atomic E-state index is 6.09. The zero-order chi connectivity index (χ0) is 8.60. The summed E-state index contributed by atoms with van der Waals surface area (Å²) in [7, 11) is 0. The first-order valence-corrected chi connectivity index (χ1v) is 5.27. The summed E-state index contributed by atoms with van der Waals surface area (Å²) in [4.78, 5) is 4.29. The first-order chi connectivity index (χ1) is 5.76. The van der Waals surface area contributed by atoms with Crippen LogP contribution in [0.15, 0.2) is 23.4 Å². The lowest BCUT2D eigenvalue weighted by atomic mass is 10.1.